The van der Waals surface area contributed by atoms with Crippen molar-refractivity contribution in [2.24, 2.45) is 13.0 Å². The van der Waals surface area contributed by atoms with Gasteiger partial charge in [0.15, 0.2) is 0 Å². The fraction of sp³-hybridized carbons (Fsp3) is 0.550. The zero-order chi connectivity index (χ0) is 17.8. The smallest absolute Gasteiger partial charge is 0.122 e. The Balaban J connectivity index is 1.42. The molecule has 1 aromatic carbocycles. The summed E-state index contributed by atoms with van der Waals surface area (Å²) in [7, 11) is 1.96. The number of rotatable bonds is 7. The number of aliphatic hydroxyl groups excluding tert-OH is 1. The molecular weight excluding hydrogens is 314 g/mol. The zero-order valence-corrected chi connectivity index (χ0v) is 15.5. The van der Waals surface area contributed by atoms with Gasteiger partial charge in [-0.25, -0.2) is 0 Å². The van der Waals surface area contributed by atoms with Gasteiger partial charge in [0.1, 0.15) is 18.5 Å². The lowest BCUT2D eigenvalue weighted by atomic mass is 10.0. The molecule has 136 valence electrons. The molecule has 1 N–H and O–H groups in total. The van der Waals surface area contributed by atoms with Gasteiger partial charge in [0.25, 0.3) is 0 Å². The molecule has 2 unspecified atom stereocenters. The van der Waals surface area contributed by atoms with Crippen molar-refractivity contribution >= 4 is 0 Å². The fourth-order valence-electron chi connectivity index (χ4n) is 3.56. The highest BCUT2D eigenvalue weighted by Crippen LogP contribution is 2.22. The van der Waals surface area contributed by atoms with E-state index in [2.05, 4.69) is 35.3 Å². The van der Waals surface area contributed by atoms with Crippen molar-refractivity contribution in [3.05, 3.63) is 47.3 Å². The molecule has 5 nitrogen and oxygen atoms in total. The topological polar surface area (TPSA) is 50.5 Å². The Hall–Kier alpha value is -1.85. The average Bonchev–Trinajstić information content (AvgIpc) is 3.17. The van der Waals surface area contributed by atoms with Gasteiger partial charge < -0.3 is 14.7 Å². The number of nitrogens with zero attached hydrogens (tertiary/aromatic N) is 3. The molecule has 1 saturated heterocycles. The van der Waals surface area contributed by atoms with Gasteiger partial charge in [-0.05, 0) is 61.9 Å². The van der Waals surface area contributed by atoms with E-state index in [1.807, 2.05) is 30.9 Å². The van der Waals surface area contributed by atoms with Crippen molar-refractivity contribution < 1.29 is 9.84 Å². The van der Waals surface area contributed by atoms with Crippen molar-refractivity contribution in [2.45, 2.75) is 32.8 Å². The van der Waals surface area contributed by atoms with Crippen LogP contribution in [-0.4, -0.2) is 52.1 Å². The Morgan fingerprint density at radius 1 is 1.36 bits per heavy atom. The molecule has 0 bridgehead atoms. The third-order valence-electron chi connectivity index (χ3n) is 4.90. The van der Waals surface area contributed by atoms with Crippen LogP contribution in [0.5, 0.6) is 5.75 Å². The van der Waals surface area contributed by atoms with Crippen molar-refractivity contribution in [1.29, 1.82) is 0 Å². The number of aliphatic hydroxyl groups is 1. The number of likely N-dealkylation sites (tertiary alicyclic amines) is 1. The lowest BCUT2D eigenvalue weighted by molar-refractivity contribution is 0.0744. The van der Waals surface area contributed by atoms with Crippen molar-refractivity contribution in [3.8, 4) is 5.75 Å². The maximum atomic E-state index is 10.3. The Kier molecular flexibility index (Phi) is 5.76. The van der Waals surface area contributed by atoms with E-state index in [4.69, 9.17) is 4.74 Å². The highest BCUT2D eigenvalue weighted by Gasteiger charge is 2.24. The summed E-state index contributed by atoms with van der Waals surface area (Å²) in [5.41, 5.74) is 3.58. The molecule has 5 heteroatoms. The molecule has 3 rings (SSSR count). The van der Waals surface area contributed by atoms with Crippen LogP contribution in [0.2, 0.25) is 0 Å². The number of hydrogen-bond acceptors (Lipinski definition) is 4. The maximum absolute atomic E-state index is 10.3. The number of ether oxygens (including phenoxy) is 1. The van der Waals surface area contributed by atoms with Crippen LogP contribution in [0, 0.1) is 19.8 Å². The predicted octanol–water partition coefficient (Wildman–Crippen LogP) is 2.34. The summed E-state index contributed by atoms with van der Waals surface area (Å²) in [6, 6.07) is 6.16. The lowest BCUT2D eigenvalue weighted by Gasteiger charge is -2.21. The summed E-state index contributed by atoms with van der Waals surface area (Å²) >= 11 is 0. The van der Waals surface area contributed by atoms with E-state index in [0.29, 0.717) is 19.1 Å². The Morgan fingerprint density at radius 2 is 2.20 bits per heavy atom. The van der Waals surface area contributed by atoms with Gasteiger partial charge in [0, 0.05) is 26.3 Å². The minimum Gasteiger partial charge on any atom is -0.491 e. The first-order chi connectivity index (χ1) is 12.0. The van der Waals surface area contributed by atoms with Crippen LogP contribution in [0.25, 0.3) is 0 Å². The first kappa shape index (κ1) is 18.0. The van der Waals surface area contributed by atoms with E-state index in [9.17, 15) is 5.11 Å². The van der Waals surface area contributed by atoms with Gasteiger partial charge in [-0.2, -0.15) is 5.10 Å². The lowest BCUT2D eigenvalue weighted by Crippen LogP contribution is -2.34. The number of aryl methyl sites for hydroxylation is 3. The molecule has 0 spiro atoms. The molecule has 2 atom stereocenters. The van der Waals surface area contributed by atoms with Gasteiger partial charge in [-0.3, -0.25) is 4.68 Å². The largest absolute Gasteiger partial charge is 0.491 e. The quantitative estimate of drug-likeness (QED) is 0.838. The zero-order valence-electron chi connectivity index (χ0n) is 15.5. The van der Waals surface area contributed by atoms with E-state index >= 15 is 0 Å². The van der Waals surface area contributed by atoms with Gasteiger partial charge in [-0.15, -0.1) is 0 Å². The first-order valence-corrected chi connectivity index (χ1v) is 9.07. The molecular formula is C20H29N3O2. The number of hydrogen-bond donors (Lipinski definition) is 1. The molecule has 1 aliphatic rings. The van der Waals surface area contributed by atoms with Crippen LogP contribution < -0.4 is 4.74 Å². The monoisotopic (exact) mass is 343 g/mol. The van der Waals surface area contributed by atoms with E-state index in [1.54, 1.807) is 0 Å². The molecule has 0 radical (unpaired) electrons. The second-order valence-corrected chi connectivity index (χ2v) is 7.37. The predicted molar refractivity (Wildman–Crippen MR) is 98.9 cm³/mol. The standard InChI is InChI=1S/C20H29N3O2/c1-15-4-5-16(2)20(8-15)25-14-19(24)13-23-7-6-17(12-23)9-18-10-21-22(3)11-18/h4-5,8,10-11,17,19,24H,6-7,9,12-14H2,1-3H3. The van der Waals surface area contributed by atoms with Gasteiger partial charge in [-0.1, -0.05) is 12.1 Å². The Morgan fingerprint density at radius 3 is 2.96 bits per heavy atom. The first-order valence-electron chi connectivity index (χ1n) is 9.07. The molecule has 2 heterocycles. The summed E-state index contributed by atoms with van der Waals surface area (Å²) in [5.74, 6) is 1.52. The van der Waals surface area contributed by atoms with Crippen molar-refractivity contribution in [1.82, 2.24) is 14.7 Å². The van der Waals surface area contributed by atoms with E-state index in [0.717, 1.165) is 30.8 Å². The van der Waals surface area contributed by atoms with E-state index in [1.165, 1.54) is 17.5 Å². The third kappa shape index (κ3) is 5.06. The van der Waals surface area contributed by atoms with Crippen molar-refractivity contribution in [3.63, 3.8) is 0 Å². The average molecular weight is 343 g/mol. The molecule has 1 aromatic heterocycles. The van der Waals surface area contributed by atoms with Crippen LogP contribution in [-0.2, 0) is 13.5 Å². The minimum absolute atomic E-state index is 0.341. The van der Waals surface area contributed by atoms with Crippen LogP contribution in [0.15, 0.2) is 30.6 Å². The van der Waals surface area contributed by atoms with Gasteiger partial charge >= 0.3 is 0 Å². The summed E-state index contributed by atoms with van der Waals surface area (Å²) in [6.07, 6.45) is 5.83. The normalized spacial score (nSPS) is 19.3. The molecule has 1 fully saturated rings. The minimum atomic E-state index is -0.461. The van der Waals surface area contributed by atoms with Crippen molar-refractivity contribution in [2.75, 3.05) is 26.2 Å². The maximum Gasteiger partial charge on any atom is 0.122 e. The van der Waals surface area contributed by atoms with Gasteiger partial charge in [0.2, 0.25) is 0 Å². The summed E-state index contributed by atoms with van der Waals surface area (Å²) in [5, 5.41) is 14.6. The second-order valence-electron chi connectivity index (χ2n) is 7.37. The highest BCUT2D eigenvalue weighted by molar-refractivity contribution is 5.35. The number of β-amino-alcohol motifs (C(OH)–C–C–N with tert-alkyl or cyclic N) is 1. The SMILES string of the molecule is Cc1ccc(C)c(OCC(O)CN2CCC(Cc3cnn(C)c3)C2)c1. The van der Waals surface area contributed by atoms with Gasteiger partial charge in [0.05, 0.1) is 6.20 Å². The fourth-order valence-corrected chi connectivity index (χ4v) is 3.56. The molecule has 0 aliphatic carbocycles. The summed E-state index contributed by atoms with van der Waals surface area (Å²) in [6.45, 7) is 7.18. The third-order valence-corrected chi connectivity index (χ3v) is 4.90. The van der Waals surface area contributed by atoms with Crippen LogP contribution >= 0.6 is 0 Å². The second kappa shape index (κ2) is 8.02. The summed E-state index contributed by atoms with van der Waals surface area (Å²) < 4.78 is 7.68. The van der Waals surface area contributed by atoms with Crippen LogP contribution in [0.4, 0.5) is 0 Å². The highest BCUT2D eigenvalue weighted by atomic mass is 16.5. The molecule has 25 heavy (non-hydrogen) atoms. The number of aromatic nitrogens is 2. The molecule has 1 aliphatic heterocycles. The number of benzene rings is 1. The van der Waals surface area contributed by atoms with Crippen LogP contribution in [0.3, 0.4) is 0 Å². The van der Waals surface area contributed by atoms with E-state index < -0.39 is 6.10 Å². The molecule has 2 aromatic rings. The van der Waals surface area contributed by atoms with Crippen LogP contribution in [0.1, 0.15) is 23.1 Å². The summed E-state index contributed by atoms with van der Waals surface area (Å²) in [4.78, 5) is 2.35. The Bertz CT molecular complexity index is 698. The molecule has 0 saturated carbocycles. The van der Waals surface area contributed by atoms with E-state index in [-0.39, 0.29) is 0 Å². The molecule has 0 amide bonds. The Labute approximate surface area is 150 Å².